The predicted molar refractivity (Wildman–Crippen MR) is 261 cm³/mol. The first-order valence-electron chi connectivity index (χ1n) is 26.0. The lowest BCUT2D eigenvalue weighted by Crippen LogP contribution is -2.60. The van der Waals surface area contributed by atoms with Gasteiger partial charge in [-0.3, -0.25) is 4.79 Å². The predicted octanol–water partition coefficient (Wildman–Crippen LogP) is 9.73. The van der Waals surface area contributed by atoms with Crippen LogP contribution in [0.25, 0.3) is 0 Å². The Kier molecular flexibility index (Phi) is 39.8. The van der Waals surface area contributed by atoms with Crippen molar-refractivity contribution in [2.45, 2.75) is 268 Å². The summed E-state index contributed by atoms with van der Waals surface area (Å²) in [6.07, 6.45) is 40.4. The summed E-state index contributed by atoms with van der Waals surface area (Å²) >= 11 is 0. The van der Waals surface area contributed by atoms with Crippen molar-refractivity contribution in [1.29, 1.82) is 0 Å². The van der Waals surface area contributed by atoms with E-state index < -0.39 is 74.2 Å². The molecule has 1 heterocycles. The van der Waals surface area contributed by atoms with Gasteiger partial charge in [0.1, 0.15) is 36.6 Å². The van der Waals surface area contributed by atoms with Crippen LogP contribution in [0.4, 0.5) is 0 Å². The highest BCUT2D eigenvalue weighted by molar-refractivity contribution is 5.80. The highest BCUT2D eigenvalue weighted by atomic mass is 16.7. The van der Waals surface area contributed by atoms with Gasteiger partial charge < -0.3 is 50.5 Å². The Morgan fingerprint density at radius 1 is 0.547 bits per heavy atom. The number of rotatable bonds is 43. The summed E-state index contributed by atoms with van der Waals surface area (Å²) in [6.45, 7) is 3.36. The number of aliphatic hydroxyl groups is 7. The molecule has 0 aliphatic carbocycles. The van der Waals surface area contributed by atoms with Crippen molar-refractivity contribution < 1.29 is 50.0 Å². The number of ether oxygens (including phenoxy) is 2. The van der Waals surface area contributed by atoms with Gasteiger partial charge in [0.05, 0.1) is 25.4 Å². The van der Waals surface area contributed by atoms with Crippen molar-refractivity contribution in [3.8, 4) is 0 Å². The SMILES string of the molecule is CCCC/C=C/CC/C=C/CCCC(O)C(O)C(COC1OC(CO)C(O)C(O)C1O)NC(=O)C(O)CCCCCCCCCCCC/C=C\C/C=C\CCCCCCCCCCC. The fourth-order valence-electron chi connectivity index (χ4n) is 8.00. The molecule has 1 rings (SSSR count). The zero-order valence-electron chi connectivity index (χ0n) is 40.5. The zero-order chi connectivity index (χ0) is 46.9. The summed E-state index contributed by atoms with van der Waals surface area (Å²) in [7, 11) is 0. The molecule has 374 valence electrons. The van der Waals surface area contributed by atoms with E-state index in [0.29, 0.717) is 19.3 Å². The van der Waals surface area contributed by atoms with Crippen LogP contribution < -0.4 is 5.32 Å². The van der Waals surface area contributed by atoms with Crippen LogP contribution in [0.15, 0.2) is 48.6 Å². The van der Waals surface area contributed by atoms with E-state index in [4.69, 9.17) is 9.47 Å². The van der Waals surface area contributed by atoms with Crippen molar-refractivity contribution in [3.63, 3.8) is 0 Å². The van der Waals surface area contributed by atoms with E-state index in [-0.39, 0.29) is 12.8 Å². The number of allylic oxidation sites excluding steroid dienone is 8. The maximum absolute atomic E-state index is 13.1. The normalized spacial score (nSPS) is 21.4. The molecule has 0 aromatic rings. The van der Waals surface area contributed by atoms with Crippen molar-refractivity contribution in [1.82, 2.24) is 5.32 Å². The molecule has 64 heavy (non-hydrogen) atoms. The molecule has 1 aliphatic heterocycles. The molecule has 0 saturated carbocycles. The molecular weight excluding hydrogens is 811 g/mol. The van der Waals surface area contributed by atoms with Gasteiger partial charge in [-0.1, -0.05) is 184 Å². The minimum absolute atomic E-state index is 0.243. The Balaban J connectivity index is 2.31. The lowest BCUT2D eigenvalue weighted by Gasteiger charge is -2.40. The van der Waals surface area contributed by atoms with Crippen molar-refractivity contribution in [2.75, 3.05) is 13.2 Å². The molecule has 9 atom stereocenters. The van der Waals surface area contributed by atoms with Gasteiger partial charge in [0.25, 0.3) is 0 Å². The average Bonchev–Trinajstić information content (AvgIpc) is 3.29. The molecule has 11 heteroatoms. The first-order chi connectivity index (χ1) is 31.2. The number of hydrogen-bond donors (Lipinski definition) is 8. The topological polar surface area (TPSA) is 189 Å². The van der Waals surface area contributed by atoms with E-state index in [2.05, 4.69) is 67.8 Å². The summed E-state index contributed by atoms with van der Waals surface area (Å²) in [6, 6.07) is -1.19. The number of hydrogen-bond acceptors (Lipinski definition) is 10. The van der Waals surface area contributed by atoms with E-state index in [1.165, 1.54) is 116 Å². The highest BCUT2D eigenvalue weighted by Gasteiger charge is 2.44. The third kappa shape index (κ3) is 31.1. The van der Waals surface area contributed by atoms with Gasteiger partial charge in [-0.25, -0.2) is 0 Å². The van der Waals surface area contributed by atoms with Crippen molar-refractivity contribution in [2.24, 2.45) is 0 Å². The minimum atomic E-state index is -1.67. The summed E-state index contributed by atoms with van der Waals surface area (Å²) < 4.78 is 11.1. The van der Waals surface area contributed by atoms with Crippen LogP contribution in [0.2, 0.25) is 0 Å². The van der Waals surface area contributed by atoms with Gasteiger partial charge in [-0.05, 0) is 77.0 Å². The molecule has 0 bridgehead atoms. The number of carbonyl (C=O) groups is 1. The lowest BCUT2D eigenvalue weighted by molar-refractivity contribution is -0.303. The molecule has 1 aliphatic rings. The van der Waals surface area contributed by atoms with Gasteiger partial charge >= 0.3 is 0 Å². The van der Waals surface area contributed by atoms with Crippen molar-refractivity contribution in [3.05, 3.63) is 48.6 Å². The van der Waals surface area contributed by atoms with Gasteiger partial charge in [-0.15, -0.1) is 0 Å². The molecule has 0 radical (unpaired) electrons. The fourth-order valence-corrected chi connectivity index (χ4v) is 8.00. The molecule has 1 fully saturated rings. The Bertz CT molecular complexity index is 1180. The summed E-state index contributed by atoms with van der Waals surface area (Å²) in [5.41, 5.74) is 0. The molecule has 9 unspecified atom stereocenters. The first kappa shape index (κ1) is 60.1. The molecule has 0 aromatic heterocycles. The lowest BCUT2D eigenvalue weighted by atomic mass is 9.98. The molecule has 1 amide bonds. The van der Waals surface area contributed by atoms with Crippen LogP contribution in [-0.4, -0.2) is 110 Å². The van der Waals surface area contributed by atoms with Gasteiger partial charge in [0, 0.05) is 0 Å². The van der Waals surface area contributed by atoms with Crippen LogP contribution in [0.3, 0.4) is 0 Å². The second-order valence-electron chi connectivity index (χ2n) is 18.2. The van der Waals surface area contributed by atoms with Crippen LogP contribution in [0.1, 0.15) is 213 Å². The van der Waals surface area contributed by atoms with Crippen molar-refractivity contribution >= 4 is 5.91 Å². The standard InChI is InChI=1S/C53H97NO10/c1-3-5-7-9-11-13-15-16-17-18-19-20-21-22-23-24-25-26-27-28-29-31-33-35-37-39-41-46(57)52(62)54-44(43-63-53-51(61)50(60)49(59)47(42-55)64-53)48(58)45(56)40-38-36-34-32-30-14-12-10-8-6-4-2/h10,12,19-20,22-23,32,34,44-51,53,55-61H,3-9,11,13-18,21,24-31,33,35-43H2,1-2H3,(H,54,62)/b12-10+,20-19-,23-22-,34-32+. The number of carbonyl (C=O) groups excluding carboxylic acids is 1. The monoisotopic (exact) mass is 908 g/mol. The largest absolute Gasteiger partial charge is 0.394 e. The van der Waals surface area contributed by atoms with Crippen LogP contribution in [-0.2, 0) is 14.3 Å². The molecule has 1 saturated heterocycles. The Morgan fingerprint density at radius 3 is 1.53 bits per heavy atom. The Hall–Kier alpha value is -1.93. The van der Waals surface area contributed by atoms with Gasteiger partial charge in [0.15, 0.2) is 6.29 Å². The van der Waals surface area contributed by atoms with Gasteiger partial charge in [-0.2, -0.15) is 0 Å². The molecular formula is C53H97NO10. The minimum Gasteiger partial charge on any atom is -0.394 e. The maximum Gasteiger partial charge on any atom is 0.249 e. The van der Waals surface area contributed by atoms with Gasteiger partial charge in [0.2, 0.25) is 5.91 Å². The van der Waals surface area contributed by atoms with E-state index in [0.717, 1.165) is 51.4 Å². The van der Waals surface area contributed by atoms with E-state index in [9.17, 15) is 40.5 Å². The molecule has 8 N–H and O–H groups in total. The first-order valence-corrected chi connectivity index (χ1v) is 26.0. The van der Waals surface area contributed by atoms with Crippen LogP contribution >= 0.6 is 0 Å². The zero-order valence-corrected chi connectivity index (χ0v) is 40.5. The second kappa shape index (κ2) is 42.4. The summed E-state index contributed by atoms with van der Waals surface area (Å²) in [5, 5.41) is 75.7. The van der Waals surface area contributed by atoms with Crippen LogP contribution in [0, 0.1) is 0 Å². The summed E-state index contributed by atoms with van der Waals surface area (Å²) in [4.78, 5) is 13.1. The van der Waals surface area contributed by atoms with E-state index in [1.807, 2.05) is 0 Å². The summed E-state index contributed by atoms with van der Waals surface area (Å²) in [5.74, 6) is -0.716. The quantitative estimate of drug-likeness (QED) is 0.0216. The molecule has 0 aromatic carbocycles. The third-order valence-corrected chi connectivity index (χ3v) is 12.3. The van der Waals surface area contributed by atoms with Crippen LogP contribution in [0.5, 0.6) is 0 Å². The van der Waals surface area contributed by atoms with E-state index in [1.54, 1.807) is 0 Å². The second-order valence-corrected chi connectivity index (χ2v) is 18.2. The maximum atomic E-state index is 13.1. The number of amides is 1. The molecule has 11 nitrogen and oxygen atoms in total. The number of unbranched alkanes of at least 4 members (excludes halogenated alkanes) is 23. The van der Waals surface area contributed by atoms with E-state index >= 15 is 0 Å². The third-order valence-electron chi connectivity index (χ3n) is 12.3. The highest BCUT2D eigenvalue weighted by Crippen LogP contribution is 2.23. The Labute approximate surface area is 389 Å². The number of nitrogens with one attached hydrogen (secondary N) is 1. The average molecular weight is 908 g/mol. The fraction of sp³-hybridized carbons (Fsp3) is 0.830. The smallest absolute Gasteiger partial charge is 0.249 e. The molecule has 0 spiro atoms. The Morgan fingerprint density at radius 2 is 1.00 bits per heavy atom. The number of aliphatic hydroxyl groups excluding tert-OH is 7.